The van der Waals surface area contributed by atoms with E-state index in [4.69, 9.17) is 52.1 Å². The topological polar surface area (TPSA) is 497 Å². The third-order valence-electron chi connectivity index (χ3n) is 25.7. The van der Waals surface area contributed by atoms with E-state index < -0.39 is 211 Å². The number of carbonyl (C=O) groups is 12. The Hall–Kier alpha value is -6.38. The lowest BCUT2D eigenvalue weighted by molar-refractivity contribution is -0.170. The first-order valence-corrected chi connectivity index (χ1v) is 68.7. The van der Waals surface area contributed by atoms with Crippen LogP contribution in [0.5, 0.6) is 0 Å². The Morgan fingerprint density at radius 3 is 1.76 bits per heavy atom. The largest absolute Gasteiger partial charge is 0.460 e. The van der Waals surface area contributed by atoms with E-state index in [9.17, 15) is 68.1 Å². The quantitative estimate of drug-likeness (QED) is 0.00551. The fraction of sp³-hybridized carbons (Fsp3) is 0.698. The van der Waals surface area contributed by atoms with Gasteiger partial charge in [-0.2, -0.15) is 0 Å². The van der Waals surface area contributed by atoms with Gasteiger partial charge in [0.2, 0.25) is 41.4 Å². The molecular weight excluding hydrogens is 2120 g/mol. The zero-order chi connectivity index (χ0) is 103. The number of hydrogen-bond donors (Lipinski definition) is 10. The van der Waals surface area contributed by atoms with Gasteiger partial charge in [-0.3, -0.25) is 47.9 Å². The maximum absolute atomic E-state index is 15.0. The zero-order valence-electron chi connectivity index (χ0n) is 81.0. The van der Waals surface area contributed by atoms with Gasteiger partial charge < -0.3 is 90.8 Å². The van der Waals surface area contributed by atoms with Gasteiger partial charge in [-0.05, 0) is 128 Å². The second-order valence-corrected chi connectivity index (χ2v) is 67.6. The normalized spacial score (nSPS) is 24.9. The highest BCUT2D eigenvalue weighted by atomic mass is 33.5. The Labute approximate surface area is 863 Å². The van der Waals surface area contributed by atoms with Gasteiger partial charge in [0.15, 0.2) is 20.5 Å². The monoisotopic (exact) mass is 2250 g/mol. The number of unbranched alkanes of at least 4 members (excludes halogenated alkanes) is 2. The minimum absolute atomic E-state index is 0.0146. The SMILES string of the molecule is C=CCOC(=O)[C@@H]1C[C@@]2(C)c3ccccc3N[C@H]2N1C(=O)[C@H](NC(=O)[C@H](CCCCN=[N+]=[N-])NC(=O)[C@H]1C[C@@H](O[Si](C)(C)C(C)(C)C)CCN1C(=O)[C@@H](OC(=O)[C@H](C)C(C)C)C(C)C)C(C)C.CC(C)[C@@H]1OC(=O)[C@@H](C(C)C)NC(=O)[C@@H]2C[C@@]3(O)c4ccccc4N[C@H]3N2C(=O)[C@@H]([C@H](C)O)NC(=O)[C@H](CCCCN=[N+]=[N-])NC(=O)[C@H]2C[C@@H](O)CCN2C1=O.S=S=S=S=S=S=S=S=S=S=S=S=S=S=S=S. The molecule has 2 aromatic carbocycles. The third kappa shape index (κ3) is 32.6. The molecule has 53 heteroatoms. The van der Waals surface area contributed by atoms with Crippen LogP contribution in [0, 0.1) is 35.5 Å². The number of esters is 3. The predicted molar refractivity (Wildman–Crippen MR) is 576 cm³/mol. The number of rotatable bonds is 29. The lowest BCUT2D eigenvalue weighted by Crippen LogP contribution is -2.64. The van der Waals surface area contributed by atoms with Gasteiger partial charge in [-0.1, -0.05) is 176 Å². The van der Waals surface area contributed by atoms with Crippen molar-refractivity contribution in [3.8, 4) is 0 Å². The number of ether oxygens (including phenoxy) is 3. The minimum Gasteiger partial charge on any atom is -0.460 e. The first-order chi connectivity index (χ1) is 65.7. The molecule has 9 rings (SSSR count). The Bertz CT molecular complexity index is 5540. The number of nitrogens with one attached hydrogen (secondary N) is 7. The summed E-state index contributed by atoms with van der Waals surface area (Å²) < 4.78 is 24.1. The molecule has 19 atom stereocenters. The number of azide groups is 2. The van der Waals surface area contributed by atoms with Crippen LogP contribution in [0.15, 0.2) is 71.4 Å². The van der Waals surface area contributed by atoms with Gasteiger partial charge in [-0.25, -0.2) is 9.59 Å². The Morgan fingerprint density at radius 1 is 0.662 bits per heavy atom. The molecule has 139 heavy (non-hydrogen) atoms. The van der Waals surface area contributed by atoms with Gasteiger partial charge in [0, 0.05) is 230 Å². The zero-order valence-corrected chi connectivity index (χ0v) is 95.1. The van der Waals surface area contributed by atoms with Crippen LogP contribution in [0.3, 0.4) is 0 Å². The van der Waals surface area contributed by atoms with E-state index in [-0.39, 0.29) is 101 Å². The molecule has 0 bridgehead atoms. The molecular formula is C86H131N17O19S16Si. The number of anilines is 2. The lowest BCUT2D eigenvalue weighted by atomic mass is 9.80. The van der Waals surface area contributed by atoms with Crippen LogP contribution >= 0.6 is 0 Å². The van der Waals surface area contributed by atoms with Crippen molar-refractivity contribution >= 4 is 237 Å². The molecule has 36 nitrogen and oxygen atoms in total. The lowest BCUT2D eigenvalue weighted by Gasteiger charge is -2.45. The predicted octanol–water partition coefficient (Wildman–Crippen LogP) is 7.47. The number of aliphatic hydroxyl groups excluding tert-OH is 2. The molecule has 7 heterocycles. The summed E-state index contributed by atoms with van der Waals surface area (Å²) in [5.41, 5.74) is 17.9. The first kappa shape index (κ1) is 120. The molecule has 0 aromatic heterocycles. The van der Waals surface area contributed by atoms with E-state index in [1.54, 1.807) is 193 Å². The summed E-state index contributed by atoms with van der Waals surface area (Å²) in [6, 6.07) is 3.01. The number of hydrogen-bond acceptors (Lipinski definition) is 25. The van der Waals surface area contributed by atoms with E-state index in [2.05, 4.69) is 97.7 Å². The van der Waals surface area contributed by atoms with Crippen molar-refractivity contribution < 1.29 is 91.5 Å². The molecule has 0 aliphatic carbocycles. The number of piperidine rings is 2. The first-order valence-electron chi connectivity index (χ1n) is 45.8. The number of nitrogens with zero attached hydrogens (tertiary/aromatic N) is 10. The fourth-order valence-corrected chi connectivity index (χ4v) is 51.3. The van der Waals surface area contributed by atoms with Gasteiger partial charge in [0.1, 0.15) is 78.9 Å². The number of aliphatic hydroxyl groups is 3. The summed E-state index contributed by atoms with van der Waals surface area (Å²) in [7, 11) is 21.2. The second kappa shape index (κ2) is 56.9. The summed E-state index contributed by atoms with van der Waals surface area (Å²) in [5.74, 6) is -10.9. The average molecular weight is 2250 g/mol. The van der Waals surface area contributed by atoms with Crippen LogP contribution in [0.2, 0.25) is 18.1 Å². The number of fused-ring (bicyclic) bond motifs is 9. The van der Waals surface area contributed by atoms with Crippen molar-refractivity contribution in [2.24, 2.45) is 45.7 Å². The van der Waals surface area contributed by atoms with E-state index >= 15 is 4.79 Å². The fourth-order valence-electron chi connectivity index (χ4n) is 17.0. The molecule has 9 amide bonds. The molecule has 0 saturated carbocycles. The van der Waals surface area contributed by atoms with Crippen molar-refractivity contribution in [3.05, 3.63) is 93.2 Å². The molecule has 774 valence electrons. The molecule has 10 N–H and O–H groups in total. The molecule has 0 unspecified atom stereocenters. The van der Waals surface area contributed by atoms with Gasteiger partial charge >= 0.3 is 17.9 Å². The van der Waals surface area contributed by atoms with Crippen molar-refractivity contribution in [1.29, 1.82) is 0 Å². The summed E-state index contributed by atoms with van der Waals surface area (Å²) in [4.78, 5) is 182. The summed E-state index contributed by atoms with van der Waals surface area (Å²) in [5, 5.41) is 61.2. The van der Waals surface area contributed by atoms with Gasteiger partial charge in [0.05, 0.1) is 18.1 Å². The summed E-state index contributed by atoms with van der Waals surface area (Å²) >= 11 is 9.46. The smallest absolute Gasteiger partial charge is 0.329 e. The van der Waals surface area contributed by atoms with Crippen molar-refractivity contribution in [2.45, 2.75) is 314 Å². The highest BCUT2D eigenvalue weighted by Crippen LogP contribution is 2.53. The van der Waals surface area contributed by atoms with E-state index in [1.165, 1.54) is 45.5 Å². The molecule has 0 spiro atoms. The van der Waals surface area contributed by atoms with Crippen LogP contribution in [-0.2, 0) is 234 Å². The molecule has 7 aliphatic rings. The number of para-hydroxylation sites is 2. The van der Waals surface area contributed by atoms with Crippen LogP contribution in [0.25, 0.3) is 20.9 Å². The van der Waals surface area contributed by atoms with Crippen molar-refractivity contribution in [2.75, 3.05) is 43.4 Å². The highest BCUT2D eigenvalue weighted by Gasteiger charge is 2.63. The van der Waals surface area contributed by atoms with E-state index in [0.29, 0.717) is 36.9 Å². The highest BCUT2D eigenvalue weighted by molar-refractivity contribution is 8.77. The van der Waals surface area contributed by atoms with Crippen LogP contribution < -0.4 is 37.2 Å². The standard InChI is InChI=1S/C49H78N8O9Si.C37H53N9O10.S16/c1-15-26-64-46(63)38-28-49(12)34-20-16-17-21-35(34)53-47(49)57(38)43(60)39(30(4)5)54-41(58)36(22-18-19-24-51-55-50)52-42(59)37-27-33(66-67(13,14)48(9,10)11)23-25-56(37)44(61)40(31(6)7)65-45(62)32(8)29(2)3;1-18(2)27-35(54)56-29(19(3)4)34(53)45-15-13-21(48)16-25(45)31(50)40-24(12-8-9-14-39-44-38)30(49)43-28(20(5)47)33(52)46-26(32(51)42-27)17-37(55)22-10-6-7-11-23(22)41-36(37)46;1-3-5-7-9-11-13-15-16-14-12-10-8-6-4-2/h15-17,20-21,29-33,36-40,47,53H,1,18-19,22-28H2,2-14H3,(H,52,59)(H,54,58);6-7,10-11,18-21,24-29,36,41,47-48,55H,8-9,12-17H2,1-5H3,(H,40,50)(H,42,51)(H,43,49);/t32-,33+,36+,37-,38+,39-,40+,47+,49+;20-,21-,24-,25+,26-,27+,28+,29-,36-,37+;/m10./s1. The number of likely N-dealkylation sites (tertiary alicyclic amines) is 2. The molecule has 5 fully saturated rings. The molecule has 2 aromatic rings. The van der Waals surface area contributed by atoms with Gasteiger partial charge in [-0.15, -0.1) is 0 Å². The summed E-state index contributed by atoms with van der Waals surface area (Å²) in [6.45, 7) is 37.2. The molecule has 5 saturated heterocycles. The Balaban J connectivity index is 0.000000329. The van der Waals surface area contributed by atoms with Gasteiger partial charge in [0.25, 0.3) is 11.8 Å². The number of carbonyl (C=O) groups excluding carboxylic acids is 12. The Kier molecular flexibility index (Phi) is 49.0. The van der Waals surface area contributed by atoms with E-state index in [1.807, 2.05) is 45.0 Å². The Morgan fingerprint density at radius 2 is 1.22 bits per heavy atom. The summed E-state index contributed by atoms with van der Waals surface area (Å²) in [6.07, 6.45) is -3.89. The number of amides is 9. The van der Waals surface area contributed by atoms with Crippen LogP contribution in [0.4, 0.5) is 11.4 Å². The molecule has 0 radical (unpaired) electrons. The maximum Gasteiger partial charge on any atom is 0.329 e. The number of cyclic esters (lactones) is 1. The third-order valence-corrected chi connectivity index (χ3v) is 59.2. The second-order valence-electron chi connectivity index (χ2n) is 38.1. The van der Waals surface area contributed by atoms with E-state index in [0.717, 1.165) is 16.2 Å². The molecule has 7 aliphatic heterocycles. The van der Waals surface area contributed by atoms with Crippen LogP contribution in [0.1, 0.15) is 199 Å². The minimum atomic E-state index is -2.35. The maximum atomic E-state index is 15.0. The van der Waals surface area contributed by atoms with Crippen molar-refractivity contribution in [3.63, 3.8) is 0 Å². The average Bonchev–Trinajstić information content (AvgIpc) is 1.56. The van der Waals surface area contributed by atoms with Crippen molar-refractivity contribution in [1.82, 2.24) is 46.2 Å². The number of benzene rings is 2. The van der Waals surface area contributed by atoms with Crippen LogP contribution in [-0.4, -0.2) is 244 Å².